The van der Waals surface area contributed by atoms with E-state index in [1.807, 2.05) is 0 Å². The van der Waals surface area contributed by atoms with Crippen LogP contribution in [0, 0.1) is 0 Å². The van der Waals surface area contributed by atoms with Crippen LogP contribution in [0.25, 0.3) is 21.5 Å². The minimum absolute atomic E-state index is 0. The van der Waals surface area contributed by atoms with Crippen molar-refractivity contribution in [3.8, 4) is 0 Å². The molecule has 0 N–H and O–H groups in total. The van der Waals surface area contributed by atoms with Gasteiger partial charge in [-0.15, -0.1) is 0 Å². The third-order valence-corrected chi connectivity index (χ3v) is 14.1. The summed E-state index contributed by atoms with van der Waals surface area (Å²) in [5.74, 6) is 0. The number of hydrogen-bond donors (Lipinski definition) is 0. The van der Waals surface area contributed by atoms with E-state index in [4.69, 9.17) is 0 Å². The zero-order chi connectivity index (χ0) is 19.6. The summed E-state index contributed by atoms with van der Waals surface area (Å²) < 4.78 is 1.58. The molecular formula is C25H27Cl3SiTi. The van der Waals surface area contributed by atoms with Crippen LogP contribution < -0.4 is 42.4 Å². The van der Waals surface area contributed by atoms with Gasteiger partial charge in [0.05, 0.1) is 0 Å². The second-order valence-corrected chi connectivity index (χ2v) is 14.2. The van der Waals surface area contributed by atoms with E-state index in [-0.39, 0.29) is 42.3 Å². The average molecular weight is 510 g/mol. The van der Waals surface area contributed by atoms with Gasteiger partial charge >= 0.3 is 176 Å². The summed E-state index contributed by atoms with van der Waals surface area (Å²) >= 11 is 2.37. The quantitative estimate of drug-likeness (QED) is 0.273. The van der Waals surface area contributed by atoms with Crippen molar-refractivity contribution in [3.05, 3.63) is 75.2 Å². The Bertz CT molecular complexity index is 1080. The Labute approximate surface area is 212 Å². The monoisotopic (exact) mass is 508 g/mol. The van der Waals surface area contributed by atoms with Gasteiger partial charge in [-0.2, -0.15) is 0 Å². The van der Waals surface area contributed by atoms with Crippen molar-refractivity contribution >= 4 is 34.8 Å². The van der Waals surface area contributed by atoms with Crippen LogP contribution in [0.4, 0.5) is 0 Å². The molecule has 0 amide bonds. The van der Waals surface area contributed by atoms with Gasteiger partial charge in [0, 0.05) is 0 Å². The van der Waals surface area contributed by atoms with Crippen LogP contribution >= 0.6 is 0 Å². The minimum atomic E-state index is -1.92. The summed E-state index contributed by atoms with van der Waals surface area (Å²) in [7, 11) is -1.92. The second kappa shape index (κ2) is 9.53. The molecule has 0 saturated heterocycles. The van der Waals surface area contributed by atoms with Crippen molar-refractivity contribution in [1.29, 1.82) is 0 Å². The van der Waals surface area contributed by atoms with Crippen LogP contribution in [0.3, 0.4) is 0 Å². The Hall–Kier alpha value is -0.539. The van der Waals surface area contributed by atoms with E-state index in [0.717, 1.165) is 0 Å². The molecule has 1 atom stereocenters. The fraction of sp³-hybridized carbons (Fsp3) is 0.280. The molecule has 0 spiro atoms. The van der Waals surface area contributed by atoms with Gasteiger partial charge in [-0.1, -0.05) is 0 Å². The Morgan fingerprint density at radius 3 is 1.57 bits per heavy atom. The van der Waals surface area contributed by atoms with Crippen molar-refractivity contribution in [2.24, 2.45) is 0 Å². The molecule has 1 unspecified atom stereocenters. The van der Waals surface area contributed by atoms with Crippen molar-refractivity contribution in [3.63, 3.8) is 0 Å². The molecule has 0 heterocycles. The molecule has 1 aliphatic carbocycles. The SMILES string of the molecule is CC1=C(C)C(C)([Si](C)(C)c2c3ccccc3cc3ccccc23)[C]([Ti+3])=C1C.[Cl-].[Cl-].[Cl-]. The number of fused-ring (bicyclic) bond motifs is 2. The van der Waals surface area contributed by atoms with Crippen LogP contribution in [0.2, 0.25) is 18.1 Å². The second-order valence-electron chi connectivity index (χ2n) is 8.69. The van der Waals surface area contributed by atoms with E-state index >= 15 is 0 Å². The van der Waals surface area contributed by atoms with Gasteiger partial charge in [0.2, 0.25) is 0 Å². The summed E-state index contributed by atoms with van der Waals surface area (Å²) in [6.07, 6.45) is 0. The Morgan fingerprint density at radius 1 is 0.733 bits per heavy atom. The predicted molar refractivity (Wildman–Crippen MR) is 118 cm³/mol. The molecule has 0 saturated carbocycles. The molecule has 1 aliphatic rings. The van der Waals surface area contributed by atoms with Crippen molar-refractivity contribution in [2.75, 3.05) is 0 Å². The molecule has 3 aromatic carbocycles. The molecule has 0 radical (unpaired) electrons. The Morgan fingerprint density at radius 2 is 1.17 bits per heavy atom. The standard InChI is InChI=1S/C25H27Si.3ClH.Ti/c1-17-16-25(4,19(3)18(17)2)26(5,6)24-22-13-9-7-11-20(22)15-21-12-8-10-14-23(21)24;;;;/h7-15H,1-6H3;3*1H;/q;;;;+3/p-3. The predicted octanol–water partition coefficient (Wildman–Crippen LogP) is -2.15. The minimum Gasteiger partial charge on any atom is -1.00 e. The van der Waals surface area contributed by atoms with E-state index in [0.29, 0.717) is 0 Å². The van der Waals surface area contributed by atoms with E-state index in [9.17, 15) is 0 Å². The summed E-state index contributed by atoms with van der Waals surface area (Å²) in [6, 6.07) is 20.3. The summed E-state index contributed by atoms with van der Waals surface area (Å²) in [4.78, 5) is 0. The van der Waals surface area contributed by atoms with Gasteiger partial charge in [0.15, 0.2) is 0 Å². The van der Waals surface area contributed by atoms with Gasteiger partial charge in [-0.25, -0.2) is 0 Å². The van der Waals surface area contributed by atoms with Gasteiger partial charge in [-0.05, 0) is 0 Å². The van der Waals surface area contributed by atoms with Gasteiger partial charge in [0.25, 0.3) is 0 Å². The fourth-order valence-corrected chi connectivity index (χ4v) is 11.4. The molecule has 4 rings (SSSR count). The van der Waals surface area contributed by atoms with Crippen LogP contribution in [0.5, 0.6) is 0 Å². The van der Waals surface area contributed by atoms with Crippen LogP contribution in [-0.4, -0.2) is 8.07 Å². The summed E-state index contributed by atoms with van der Waals surface area (Å²) in [5, 5.41) is 7.37. The molecule has 0 aliphatic heterocycles. The van der Waals surface area contributed by atoms with Crippen molar-refractivity contribution in [2.45, 2.75) is 45.8 Å². The average Bonchev–Trinajstić information content (AvgIpc) is 2.82. The molecule has 0 bridgehead atoms. The smallest absolute Gasteiger partial charge is 1.00 e. The topological polar surface area (TPSA) is 0 Å². The molecule has 0 aromatic heterocycles. The first-order valence-corrected chi connectivity index (χ1v) is 13.5. The molecular weight excluding hydrogens is 483 g/mol. The molecule has 5 heteroatoms. The third-order valence-electron chi connectivity index (χ3n) is 7.40. The van der Waals surface area contributed by atoms with Crippen LogP contribution in [-0.2, 0) is 20.4 Å². The summed E-state index contributed by atoms with van der Waals surface area (Å²) in [5.41, 5.74) is 4.58. The third kappa shape index (κ3) is 3.66. The van der Waals surface area contributed by atoms with Crippen molar-refractivity contribution in [1.82, 2.24) is 0 Å². The van der Waals surface area contributed by atoms with Crippen molar-refractivity contribution < 1.29 is 57.7 Å². The maximum atomic E-state index is 2.58. The van der Waals surface area contributed by atoms with Crippen LogP contribution in [0.1, 0.15) is 27.7 Å². The van der Waals surface area contributed by atoms with E-state index in [2.05, 4.69) is 116 Å². The zero-order valence-corrected chi connectivity index (χ0v) is 23.2. The zero-order valence-electron chi connectivity index (χ0n) is 18.3. The summed E-state index contributed by atoms with van der Waals surface area (Å²) in [6.45, 7) is 14.7. The van der Waals surface area contributed by atoms with Crippen LogP contribution in [0.15, 0.2) is 75.2 Å². The molecule has 30 heavy (non-hydrogen) atoms. The van der Waals surface area contributed by atoms with E-state index in [1.54, 1.807) is 14.6 Å². The van der Waals surface area contributed by atoms with E-state index < -0.39 is 8.07 Å². The Kier molecular flexibility index (Phi) is 8.73. The number of rotatable bonds is 2. The largest absolute Gasteiger partial charge is 1.00 e. The number of benzene rings is 3. The molecule has 156 valence electrons. The van der Waals surface area contributed by atoms with Gasteiger partial charge in [-0.3, -0.25) is 0 Å². The molecule has 0 nitrogen and oxygen atoms in total. The number of hydrogen-bond acceptors (Lipinski definition) is 0. The molecule has 0 fully saturated rings. The van der Waals surface area contributed by atoms with Gasteiger partial charge < -0.3 is 37.2 Å². The number of allylic oxidation sites excluding steroid dienone is 4. The van der Waals surface area contributed by atoms with Gasteiger partial charge in [0.1, 0.15) is 0 Å². The maximum Gasteiger partial charge on any atom is -1.00 e. The fourth-order valence-electron chi connectivity index (χ4n) is 5.12. The first kappa shape index (κ1) is 27.5. The number of halogens is 3. The first-order chi connectivity index (χ1) is 12.7. The maximum absolute atomic E-state index is 2.58. The van der Waals surface area contributed by atoms with E-state index in [1.165, 1.54) is 32.7 Å². The Balaban J connectivity index is 0.00000150. The molecule has 3 aromatic rings. The normalized spacial score (nSPS) is 18.9. The first-order valence-electron chi connectivity index (χ1n) is 9.73.